The van der Waals surface area contributed by atoms with E-state index in [1.54, 1.807) is 13.8 Å². The average molecular weight is 252 g/mol. The van der Waals surface area contributed by atoms with Crippen LogP contribution >= 0.6 is 0 Å². The highest BCUT2D eigenvalue weighted by Crippen LogP contribution is 2.13. The minimum absolute atomic E-state index is 0.190. The van der Waals surface area contributed by atoms with E-state index in [-0.39, 0.29) is 25.3 Å². The highest BCUT2D eigenvalue weighted by molar-refractivity contribution is 7.87. The van der Waals surface area contributed by atoms with Crippen LogP contribution in [-0.4, -0.2) is 55.6 Å². The molecular weight excluding hydrogens is 236 g/mol. The molecule has 0 amide bonds. The van der Waals surface area contributed by atoms with E-state index in [2.05, 4.69) is 0 Å². The molecule has 2 N–H and O–H groups in total. The number of aliphatic carboxylic acids is 1. The lowest BCUT2D eigenvalue weighted by atomic mass is 10.3. The van der Waals surface area contributed by atoms with Gasteiger partial charge in [0, 0.05) is 13.1 Å². The van der Waals surface area contributed by atoms with Crippen molar-refractivity contribution < 1.29 is 23.1 Å². The Kier molecular flexibility index (Phi) is 4.25. The molecule has 2 unspecified atom stereocenters. The second kappa shape index (κ2) is 5.09. The van der Waals surface area contributed by atoms with Gasteiger partial charge in [-0.2, -0.15) is 17.4 Å². The van der Waals surface area contributed by atoms with Crippen molar-refractivity contribution in [3.8, 4) is 0 Å². The van der Waals surface area contributed by atoms with Crippen molar-refractivity contribution >= 4 is 16.2 Å². The number of rotatable bonds is 4. The molecule has 0 aromatic carbocycles. The Hall–Kier alpha value is -0.700. The third kappa shape index (κ3) is 3.71. The molecule has 1 rings (SSSR count). The van der Waals surface area contributed by atoms with Gasteiger partial charge in [-0.25, -0.2) is 0 Å². The van der Waals surface area contributed by atoms with Crippen LogP contribution in [-0.2, 0) is 19.7 Å². The number of carboxylic acids is 1. The Morgan fingerprint density at radius 2 is 1.94 bits per heavy atom. The Bertz CT molecular complexity index is 345. The summed E-state index contributed by atoms with van der Waals surface area (Å²) in [6.45, 7) is 3.41. The van der Waals surface area contributed by atoms with Gasteiger partial charge < -0.3 is 9.84 Å². The molecule has 1 saturated heterocycles. The largest absolute Gasteiger partial charge is 0.480 e. The molecular formula is C8H16N2O5S. The van der Waals surface area contributed by atoms with Crippen LogP contribution in [0.1, 0.15) is 13.8 Å². The molecule has 0 bridgehead atoms. The standard InChI is InChI=1S/C8H16N2O5S/c1-6-4-10(5-7(2)15-6)16(13,14)9-3-8(11)12/h6-7,9H,3-5H2,1-2H3,(H,11,12). The lowest BCUT2D eigenvalue weighted by molar-refractivity contribution is -0.135. The van der Waals surface area contributed by atoms with Crippen LogP contribution in [0.3, 0.4) is 0 Å². The summed E-state index contributed by atoms with van der Waals surface area (Å²) in [7, 11) is -3.72. The zero-order chi connectivity index (χ0) is 12.3. The summed E-state index contributed by atoms with van der Waals surface area (Å²) in [6.07, 6.45) is -0.379. The van der Waals surface area contributed by atoms with Crippen molar-refractivity contribution in [2.75, 3.05) is 19.6 Å². The van der Waals surface area contributed by atoms with Gasteiger partial charge >= 0.3 is 5.97 Å². The first-order valence-electron chi connectivity index (χ1n) is 4.93. The van der Waals surface area contributed by atoms with E-state index in [0.717, 1.165) is 0 Å². The molecule has 1 aliphatic rings. The molecule has 1 fully saturated rings. The van der Waals surface area contributed by atoms with Gasteiger partial charge in [0.05, 0.1) is 12.2 Å². The number of nitrogens with zero attached hydrogens (tertiary/aromatic N) is 1. The first-order chi connectivity index (χ1) is 7.31. The Morgan fingerprint density at radius 3 is 2.38 bits per heavy atom. The van der Waals surface area contributed by atoms with E-state index >= 15 is 0 Å². The number of carboxylic acid groups (broad SMARTS) is 1. The maximum Gasteiger partial charge on any atom is 0.318 e. The van der Waals surface area contributed by atoms with E-state index in [4.69, 9.17) is 9.84 Å². The molecule has 2 atom stereocenters. The zero-order valence-electron chi connectivity index (χ0n) is 9.21. The Morgan fingerprint density at radius 1 is 1.44 bits per heavy atom. The first-order valence-corrected chi connectivity index (χ1v) is 6.37. The normalized spacial score (nSPS) is 27.9. The monoisotopic (exact) mass is 252 g/mol. The fraction of sp³-hybridized carbons (Fsp3) is 0.875. The van der Waals surface area contributed by atoms with Gasteiger partial charge in [0.25, 0.3) is 10.2 Å². The molecule has 0 spiro atoms. The van der Waals surface area contributed by atoms with Crippen LogP contribution in [0.15, 0.2) is 0 Å². The summed E-state index contributed by atoms with van der Waals surface area (Å²) in [6, 6.07) is 0. The molecule has 0 saturated carbocycles. The van der Waals surface area contributed by atoms with Gasteiger partial charge in [-0.1, -0.05) is 0 Å². The predicted molar refractivity (Wildman–Crippen MR) is 56.1 cm³/mol. The van der Waals surface area contributed by atoms with Gasteiger partial charge in [0.2, 0.25) is 0 Å². The summed E-state index contributed by atoms with van der Waals surface area (Å²) < 4.78 is 32.0. The number of morpholine rings is 1. The van der Waals surface area contributed by atoms with Crippen LogP contribution in [0.5, 0.6) is 0 Å². The summed E-state index contributed by atoms with van der Waals surface area (Å²) >= 11 is 0. The van der Waals surface area contributed by atoms with Crippen molar-refractivity contribution in [1.29, 1.82) is 0 Å². The number of hydrogen-bond donors (Lipinski definition) is 2. The number of nitrogens with one attached hydrogen (secondary N) is 1. The van der Waals surface area contributed by atoms with Crippen LogP contribution in [0, 0.1) is 0 Å². The maximum atomic E-state index is 11.7. The molecule has 1 aliphatic heterocycles. The summed E-state index contributed by atoms with van der Waals surface area (Å²) in [4.78, 5) is 10.3. The van der Waals surface area contributed by atoms with Crippen LogP contribution in [0.4, 0.5) is 0 Å². The van der Waals surface area contributed by atoms with Crippen molar-refractivity contribution in [2.45, 2.75) is 26.1 Å². The lowest BCUT2D eigenvalue weighted by Gasteiger charge is -2.34. The number of hydrogen-bond acceptors (Lipinski definition) is 4. The molecule has 7 nitrogen and oxygen atoms in total. The van der Waals surface area contributed by atoms with E-state index < -0.39 is 22.7 Å². The van der Waals surface area contributed by atoms with Crippen molar-refractivity contribution in [3.63, 3.8) is 0 Å². The van der Waals surface area contributed by atoms with E-state index in [0.29, 0.717) is 0 Å². The van der Waals surface area contributed by atoms with E-state index in [1.807, 2.05) is 4.72 Å². The lowest BCUT2D eigenvalue weighted by Crippen LogP contribution is -2.52. The third-order valence-electron chi connectivity index (χ3n) is 2.13. The van der Waals surface area contributed by atoms with Crippen molar-refractivity contribution in [3.05, 3.63) is 0 Å². The molecule has 8 heteroatoms. The van der Waals surface area contributed by atoms with Crippen LogP contribution in [0.25, 0.3) is 0 Å². The first kappa shape index (κ1) is 13.4. The SMILES string of the molecule is CC1CN(S(=O)(=O)NCC(=O)O)CC(C)O1. The molecule has 0 radical (unpaired) electrons. The van der Waals surface area contributed by atoms with Crippen molar-refractivity contribution in [2.24, 2.45) is 0 Å². The second-order valence-electron chi connectivity index (χ2n) is 3.79. The number of ether oxygens (including phenoxy) is 1. The molecule has 1 heterocycles. The van der Waals surface area contributed by atoms with Crippen LogP contribution in [0.2, 0.25) is 0 Å². The maximum absolute atomic E-state index is 11.7. The predicted octanol–water partition coefficient (Wildman–Crippen LogP) is -0.985. The summed E-state index contributed by atoms with van der Waals surface area (Å²) in [5.41, 5.74) is 0. The smallest absolute Gasteiger partial charge is 0.318 e. The number of carbonyl (C=O) groups is 1. The van der Waals surface area contributed by atoms with Gasteiger partial charge in [0.15, 0.2) is 0 Å². The van der Waals surface area contributed by atoms with Gasteiger partial charge in [-0.05, 0) is 13.8 Å². The molecule has 0 aliphatic carbocycles. The minimum atomic E-state index is -3.72. The summed E-state index contributed by atoms with van der Waals surface area (Å²) in [5.74, 6) is -1.21. The average Bonchev–Trinajstić information content (AvgIpc) is 2.13. The van der Waals surface area contributed by atoms with E-state index in [9.17, 15) is 13.2 Å². The highest BCUT2D eigenvalue weighted by Gasteiger charge is 2.30. The van der Waals surface area contributed by atoms with Gasteiger partial charge in [0.1, 0.15) is 6.54 Å². The van der Waals surface area contributed by atoms with Crippen molar-refractivity contribution in [1.82, 2.24) is 9.03 Å². The topological polar surface area (TPSA) is 95.9 Å². The van der Waals surface area contributed by atoms with Gasteiger partial charge in [-0.15, -0.1) is 0 Å². The molecule has 0 aromatic rings. The fourth-order valence-electron chi connectivity index (χ4n) is 1.57. The molecule has 16 heavy (non-hydrogen) atoms. The summed E-state index contributed by atoms with van der Waals surface area (Å²) in [5, 5.41) is 8.41. The Labute approximate surface area is 94.6 Å². The second-order valence-corrected chi connectivity index (χ2v) is 5.55. The molecule has 0 aromatic heterocycles. The zero-order valence-corrected chi connectivity index (χ0v) is 10.0. The van der Waals surface area contributed by atoms with Gasteiger partial charge in [-0.3, -0.25) is 4.79 Å². The highest BCUT2D eigenvalue weighted by atomic mass is 32.2. The van der Waals surface area contributed by atoms with E-state index in [1.165, 1.54) is 4.31 Å². The van der Waals surface area contributed by atoms with Crippen LogP contribution < -0.4 is 4.72 Å². The minimum Gasteiger partial charge on any atom is -0.480 e. The molecule has 94 valence electrons. The fourth-order valence-corrected chi connectivity index (χ4v) is 2.87. The Balaban J connectivity index is 2.64. The third-order valence-corrected chi connectivity index (χ3v) is 3.62. The quantitative estimate of drug-likeness (QED) is 0.670.